The minimum Gasteiger partial charge on any atom is -0.479 e. The van der Waals surface area contributed by atoms with Crippen molar-refractivity contribution in [3.05, 3.63) is 93.7 Å². The summed E-state index contributed by atoms with van der Waals surface area (Å²) in [5, 5.41) is 9.91. The van der Waals surface area contributed by atoms with Gasteiger partial charge >= 0.3 is 12.1 Å². The van der Waals surface area contributed by atoms with E-state index in [0.717, 1.165) is 33.2 Å². The average Bonchev–Trinajstić information content (AvgIpc) is 3.11. The predicted molar refractivity (Wildman–Crippen MR) is 127 cm³/mol. The van der Waals surface area contributed by atoms with Gasteiger partial charge in [-0.2, -0.15) is 0 Å². The van der Waals surface area contributed by atoms with Gasteiger partial charge in [0.1, 0.15) is 12.4 Å². The lowest BCUT2D eigenvalue weighted by Crippen LogP contribution is -2.44. The van der Waals surface area contributed by atoms with E-state index >= 15 is 0 Å². The topological polar surface area (TPSA) is 66.8 Å². The molecular weight excluding hydrogens is 489 g/mol. The largest absolute Gasteiger partial charge is 0.479 e. The van der Waals surface area contributed by atoms with E-state index in [9.17, 15) is 19.1 Å². The Morgan fingerprint density at radius 3 is 2.12 bits per heavy atom. The minimum absolute atomic E-state index is 0.0666. The zero-order valence-corrected chi connectivity index (χ0v) is 19.8. The molecule has 1 unspecified atom stereocenters. The monoisotopic (exact) mass is 511 g/mol. The molecule has 7 heteroatoms. The van der Waals surface area contributed by atoms with Crippen molar-refractivity contribution in [2.45, 2.75) is 31.8 Å². The van der Waals surface area contributed by atoms with Gasteiger partial charge in [-0.05, 0) is 69.7 Å². The zero-order chi connectivity index (χ0) is 23.7. The number of carbonyl (C=O) groups excluding carboxylic acids is 1. The van der Waals surface area contributed by atoms with E-state index in [1.807, 2.05) is 48.5 Å². The maximum Gasteiger partial charge on any atom is 0.411 e. The molecule has 0 saturated carbocycles. The predicted octanol–water partition coefficient (Wildman–Crippen LogP) is 6.37. The molecule has 0 spiro atoms. The van der Waals surface area contributed by atoms with Crippen LogP contribution in [0.2, 0.25) is 0 Å². The number of hydrogen-bond acceptors (Lipinski definition) is 3. The minimum atomic E-state index is -1.39. The van der Waals surface area contributed by atoms with Gasteiger partial charge in [-0.3, -0.25) is 4.90 Å². The van der Waals surface area contributed by atoms with Crippen molar-refractivity contribution in [1.82, 2.24) is 4.90 Å². The maximum atomic E-state index is 14.1. The van der Waals surface area contributed by atoms with E-state index < -0.39 is 30.0 Å². The van der Waals surface area contributed by atoms with Crippen LogP contribution in [-0.2, 0) is 9.53 Å². The second-order valence-electron chi connectivity index (χ2n) is 8.22. The lowest BCUT2D eigenvalue weighted by Gasteiger charge is -2.32. The van der Waals surface area contributed by atoms with Gasteiger partial charge in [-0.25, -0.2) is 14.0 Å². The molecule has 0 bridgehead atoms. The Kier molecular flexibility index (Phi) is 6.51. The Morgan fingerprint density at radius 2 is 1.61 bits per heavy atom. The molecule has 1 atom stereocenters. The highest BCUT2D eigenvalue weighted by Gasteiger charge is 2.36. The highest BCUT2D eigenvalue weighted by molar-refractivity contribution is 9.10. The first-order valence-corrected chi connectivity index (χ1v) is 11.4. The van der Waals surface area contributed by atoms with Crippen molar-refractivity contribution < 1.29 is 23.8 Å². The van der Waals surface area contributed by atoms with Crippen LogP contribution >= 0.6 is 15.9 Å². The highest BCUT2D eigenvalue weighted by Crippen LogP contribution is 2.44. The Labute approximate surface area is 199 Å². The highest BCUT2D eigenvalue weighted by atomic mass is 79.9. The summed E-state index contributed by atoms with van der Waals surface area (Å²) >= 11 is 3.07. The molecule has 0 fully saturated rings. The normalized spacial score (nSPS) is 13.4. The van der Waals surface area contributed by atoms with Crippen LogP contribution < -0.4 is 0 Å². The first kappa shape index (κ1) is 23.0. The van der Waals surface area contributed by atoms with E-state index in [-0.39, 0.29) is 22.6 Å². The molecule has 1 N–H and O–H groups in total. The third kappa shape index (κ3) is 4.37. The quantitative estimate of drug-likeness (QED) is 0.417. The smallest absolute Gasteiger partial charge is 0.411 e. The summed E-state index contributed by atoms with van der Waals surface area (Å²) in [5.74, 6) is -2.02. The van der Waals surface area contributed by atoms with Crippen molar-refractivity contribution in [2.24, 2.45) is 0 Å². The van der Waals surface area contributed by atoms with Crippen LogP contribution in [0, 0.1) is 5.82 Å². The summed E-state index contributed by atoms with van der Waals surface area (Å²) in [7, 11) is 0. The molecule has 0 heterocycles. The van der Waals surface area contributed by atoms with Crippen LogP contribution in [0.15, 0.2) is 71.2 Å². The third-order valence-corrected chi connectivity index (χ3v) is 6.52. The molecule has 33 heavy (non-hydrogen) atoms. The molecule has 0 saturated heterocycles. The summed E-state index contributed by atoms with van der Waals surface area (Å²) in [4.78, 5) is 26.5. The molecule has 0 aliphatic heterocycles. The second-order valence-corrected chi connectivity index (χ2v) is 9.07. The van der Waals surface area contributed by atoms with Crippen LogP contribution in [0.25, 0.3) is 11.1 Å². The van der Waals surface area contributed by atoms with Crippen molar-refractivity contribution in [3.63, 3.8) is 0 Å². The second kappa shape index (κ2) is 9.35. The molecular formula is C26H23BrFNO4. The molecule has 3 aromatic rings. The lowest BCUT2D eigenvalue weighted by molar-refractivity contribution is -0.143. The molecule has 1 aliphatic rings. The number of benzene rings is 3. The van der Waals surface area contributed by atoms with Gasteiger partial charge < -0.3 is 9.84 Å². The summed E-state index contributed by atoms with van der Waals surface area (Å²) in [6.07, 6.45) is -0.761. The number of nitrogens with zero attached hydrogens (tertiary/aromatic N) is 1. The first-order chi connectivity index (χ1) is 15.8. The van der Waals surface area contributed by atoms with Gasteiger partial charge in [-0.1, -0.05) is 54.6 Å². The molecule has 3 aromatic carbocycles. The van der Waals surface area contributed by atoms with E-state index in [0.29, 0.717) is 0 Å². The van der Waals surface area contributed by atoms with Crippen molar-refractivity contribution >= 4 is 28.0 Å². The number of ether oxygens (including phenoxy) is 1. The fourth-order valence-corrected chi connectivity index (χ4v) is 4.63. The Hall–Kier alpha value is -3.19. The Morgan fingerprint density at radius 1 is 1.03 bits per heavy atom. The van der Waals surface area contributed by atoms with E-state index in [1.165, 1.54) is 12.1 Å². The molecule has 5 nitrogen and oxygen atoms in total. The van der Waals surface area contributed by atoms with Crippen molar-refractivity contribution in [2.75, 3.05) is 6.61 Å². The number of halogens is 2. The number of aliphatic carboxylic acids is 1. The molecule has 0 radical (unpaired) electrons. The number of rotatable bonds is 6. The first-order valence-electron chi connectivity index (χ1n) is 10.6. The SMILES string of the molecule is CC(C)N(C(=O)OCC1c2ccccc2-c2ccccc21)C(C(=O)O)c1ccc(Br)c(F)c1. The summed E-state index contributed by atoms with van der Waals surface area (Å²) in [6, 6.07) is 18.1. The number of amides is 1. The zero-order valence-electron chi connectivity index (χ0n) is 18.2. The molecule has 1 amide bonds. The lowest BCUT2D eigenvalue weighted by atomic mass is 9.98. The maximum absolute atomic E-state index is 14.1. The van der Waals surface area contributed by atoms with Gasteiger partial charge in [-0.15, -0.1) is 0 Å². The van der Waals surface area contributed by atoms with Gasteiger partial charge in [0.05, 0.1) is 4.47 Å². The van der Waals surface area contributed by atoms with E-state index in [4.69, 9.17) is 4.74 Å². The average molecular weight is 512 g/mol. The van der Waals surface area contributed by atoms with Gasteiger partial charge in [0.15, 0.2) is 6.04 Å². The molecule has 1 aliphatic carbocycles. The van der Waals surface area contributed by atoms with Crippen LogP contribution in [0.4, 0.5) is 9.18 Å². The Balaban J connectivity index is 1.60. The van der Waals surface area contributed by atoms with Crippen LogP contribution in [0.3, 0.4) is 0 Å². The number of carboxylic acid groups (broad SMARTS) is 1. The van der Waals surface area contributed by atoms with Crippen LogP contribution in [0.1, 0.15) is 42.5 Å². The third-order valence-electron chi connectivity index (χ3n) is 5.87. The van der Waals surface area contributed by atoms with Gasteiger partial charge in [0, 0.05) is 12.0 Å². The number of fused-ring (bicyclic) bond motifs is 3. The fraction of sp³-hybridized carbons (Fsp3) is 0.231. The molecule has 4 rings (SSSR count). The molecule has 0 aromatic heterocycles. The van der Waals surface area contributed by atoms with Crippen LogP contribution in [0.5, 0.6) is 0 Å². The number of carboxylic acids is 1. The van der Waals surface area contributed by atoms with Crippen molar-refractivity contribution in [1.29, 1.82) is 0 Å². The molecule has 170 valence electrons. The van der Waals surface area contributed by atoms with Gasteiger partial charge in [0.25, 0.3) is 0 Å². The van der Waals surface area contributed by atoms with Crippen molar-refractivity contribution in [3.8, 4) is 11.1 Å². The van der Waals surface area contributed by atoms with E-state index in [2.05, 4.69) is 15.9 Å². The fourth-order valence-electron chi connectivity index (χ4n) is 4.39. The van der Waals surface area contributed by atoms with Gasteiger partial charge in [0.2, 0.25) is 0 Å². The van der Waals surface area contributed by atoms with Crippen LogP contribution in [-0.4, -0.2) is 34.7 Å². The summed E-state index contributed by atoms with van der Waals surface area (Å²) < 4.78 is 20.0. The standard InChI is InChI=1S/C26H23BrFNO4/c1-15(2)29(24(25(30)31)16-11-12-22(27)23(28)13-16)26(32)33-14-21-19-9-5-3-7-17(19)18-8-4-6-10-20(18)21/h3-13,15,21,24H,14H2,1-2H3,(H,30,31). The van der Waals surface area contributed by atoms with E-state index in [1.54, 1.807) is 13.8 Å². The number of hydrogen-bond donors (Lipinski definition) is 1. The Bertz CT molecular complexity index is 1170. The number of carbonyl (C=O) groups is 2. The summed E-state index contributed by atoms with van der Waals surface area (Å²) in [6.45, 7) is 3.47. The summed E-state index contributed by atoms with van der Waals surface area (Å²) in [5.41, 5.74) is 4.48.